The molecular formula is C22H26ClF3N2O5S. The van der Waals surface area contributed by atoms with E-state index in [2.05, 4.69) is 0 Å². The highest BCUT2D eigenvalue weighted by molar-refractivity contribution is 7.92. The quantitative estimate of drug-likeness (QED) is 0.322. The topological polar surface area (TPSA) is 76.1 Å². The molecule has 0 radical (unpaired) electrons. The van der Waals surface area contributed by atoms with E-state index in [1.165, 1.54) is 43.5 Å². The lowest BCUT2D eigenvalue weighted by Gasteiger charge is -2.31. The third kappa shape index (κ3) is 7.78. The van der Waals surface area contributed by atoms with Crippen LogP contribution in [0, 0.1) is 0 Å². The number of benzene rings is 2. The van der Waals surface area contributed by atoms with Crippen molar-refractivity contribution in [2.45, 2.75) is 18.6 Å². The number of sulfonamides is 1. The maximum atomic E-state index is 12.7. The minimum atomic E-state index is -4.45. The molecule has 34 heavy (non-hydrogen) atoms. The number of alkyl halides is 4. The Hall–Kier alpha value is -2.50. The van der Waals surface area contributed by atoms with Crippen LogP contribution in [0.4, 0.5) is 18.9 Å². The number of rotatable bonds is 11. The molecule has 2 aromatic carbocycles. The molecule has 0 heterocycles. The van der Waals surface area contributed by atoms with Crippen LogP contribution >= 0.6 is 11.6 Å². The summed E-state index contributed by atoms with van der Waals surface area (Å²) in [6.07, 6.45) is -2.83. The first-order chi connectivity index (χ1) is 15.9. The van der Waals surface area contributed by atoms with Crippen molar-refractivity contribution >= 4 is 33.3 Å². The Morgan fingerprint density at radius 1 is 1.06 bits per heavy atom. The van der Waals surface area contributed by atoms with Gasteiger partial charge >= 0.3 is 12.1 Å². The van der Waals surface area contributed by atoms with Gasteiger partial charge in [-0.3, -0.25) is 14.0 Å². The summed E-state index contributed by atoms with van der Waals surface area (Å²) in [6.45, 7) is 0.268. The summed E-state index contributed by atoms with van der Waals surface area (Å²) in [4.78, 5) is 14.0. The highest BCUT2D eigenvalue weighted by Crippen LogP contribution is 2.32. The highest BCUT2D eigenvalue weighted by Gasteiger charge is 2.31. The summed E-state index contributed by atoms with van der Waals surface area (Å²) < 4.78 is 74.6. The van der Waals surface area contributed by atoms with Crippen molar-refractivity contribution in [2.75, 3.05) is 43.7 Å². The lowest BCUT2D eigenvalue weighted by Crippen LogP contribution is -2.49. The van der Waals surface area contributed by atoms with Gasteiger partial charge in [0.15, 0.2) is 0 Å². The number of methoxy groups -OCH3 is 1. The van der Waals surface area contributed by atoms with E-state index in [9.17, 15) is 26.4 Å². The number of ether oxygens (including phenoxy) is 2. The zero-order chi connectivity index (χ0) is 25.5. The van der Waals surface area contributed by atoms with Crippen LogP contribution < -0.4 is 9.04 Å². The standard InChI is InChI=1S/C22H26ClF3N2O5S/c1-27(14-4-13-23)20(21(29)32-2)15-28(34(3,30)31)17-7-11-19(12-8-17)33-18-9-5-16(6-10-18)22(24,25)26/h5-12,20H,4,13-15H2,1-3H3. The molecule has 0 bridgehead atoms. The Kier molecular flexibility index (Phi) is 9.60. The molecule has 2 rings (SSSR count). The first kappa shape index (κ1) is 27.7. The molecule has 7 nitrogen and oxygen atoms in total. The van der Waals surface area contributed by atoms with Gasteiger partial charge in [-0.15, -0.1) is 11.6 Å². The zero-order valence-corrected chi connectivity index (χ0v) is 20.5. The van der Waals surface area contributed by atoms with Gasteiger partial charge in [0.25, 0.3) is 0 Å². The minimum Gasteiger partial charge on any atom is -0.468 e. The molecule has 0 N–H and O–H groups in total. The first-order valence-corrected chi connectivity index (χ1v) is 12.5. The second kappa shape index (κ2) is 11.8. The summed E-state index contributed by atoms with van der Waals surface area (Å²) in [7, 11) is -0.873. The van der Waals surface area contributed by atoms with Crippen LogP contribution in [0.25, 0.3) is 0 Å². The number of carbonyl (C=O) groups is 1. The number of hydrogen-bond acceptors (Lipinski definition) is 6. The molecule has 0 fully saturated rings. The highest BCUT2D eigenvalue weighted by atomic mass is 35.5. The second-order valence-electron chi connectivity index (χ2n) is 7.47. The van der Waals surface area contributed by atoms with E-state index in [-0.39, 0.29) is 18.0 Å². The molecule has 2 aromatic rings. The number of halogens is 4. The monoisotopic (exact) mass is 522 g/mol. The zero-order valence-electron chi connectivity index (χ0n) is 18.9. The minimum absolute atomic E-state index is 0.187. The summed E-state index contributed by atoms with van der Waals surface area (Å²) in [6, 6.07) is 9.25. The molecule has 0 aromatic heterocycles. The van der Waals surface area contributed by atoms with Crippen molar-refractivity contribution in [1.29, 1.82) is 0 Å². The van der Waals surface area contributed by atoms with Crippen LogP contribution in [0.2, 0.25) is 0 Å². The fourth-order valence-corrected chi connectivity index (χ4v) is 4.15. The lowest BCUT2D eigenvalue weighted by atomic mass is 10.2. The van der Waals surface area contributed by atoms with Gasteiger partial charge in [-0.2, -0.15) is 13.2 Å². The van der Waals surface area contributed by atoms with Gasteiger partial charge in [0, 0.05) is 5.88 Å². The van der Waals surface area contributed by atoms with E-state index in [1.54, 1.807) is 11.9 Å². The molecule has 12 heteroatoms. The molecule has 1 unspecified atom stereocenters. The number of carbonyl (C=O) groups excluding carboxylic acids is 1. The number of nitrogens with zero attached hydrogens (tertiary/aromatic N) is 2. The summed E-state index contributed by atoms with van der Waals surface area (Å²) in [5.41, 5.74) is -0.517. The summed E-state index contributed by atoms with van der Waals surface area (Å²) >= 11 is 5.73. The van der Waals surface area contributed by atoms with Gasteiger partial charge in [0.05, 0.1) is 31.2 Å². The maximum Gasteiger partial charge on any atom is 0.416 e. The van der Waals surface area contributed by atoms with Crippen LogP contribution in [0.1, 0.15) is 12.0 Å². The van der Waals surface area contributed by atoms with Crippen molar-refractivity contribution in [3.63, 3.8) is 0 Å². The first-order valence-electron chi connectivity index (χ1n) is 10.1. The second-order valence-corrected chi connectivity index (χ2v) is 9.76. The van der Waals surface area contributed by atoms with Gasteiger partial charge in [-0.25, -0.2) is 8.42 Å². The van der Waals surface area contributed by atoms with Crippen molar-refractivity contribution in [1.82, 2.24) is 4.90 Å². The van der Waals surface area contributed by atoms with E-state index in [0.29, 0.717) is 24.6 Å². The molecule has 0 aliphatic heterocycles. The van der Waals surface area contributed by atoms with Crippen molar-refractivity contribution < 1.29 is 35.9 Å². The van der Waals surface area contributed by atoms with Gasteiger partial charge in [0.1, 0.15) is 17.5 Å². The number of likely N-dealkylation sites (N-methyl/N-ethyl adjacent to an activating group) is 1. The Morgan fingerprint density at radius 3 is 2.03 bits per heavy atom. The van der Waals surface area contributed by atoms with Crippen molar-refractivity contribution in [3.8, 4) is 11.5 Å². The molecule has 0 spiro atoms. The van der Waals surface area contributed by atoms with E-state index in [1.807, 2.05) is 0 Å². The molecule has 0 aliphatic carbocycles. The fourth-order valence-electron chi connectivity index (χ4n) is 3.11. The summed E-state index contributed by atoms with van der Waals surface area (Å²) in [5, 5.41) is 0. The third-order valence-corrected chi connectivity index (χ3v) is 6.36. The molecule has 0 amide bonds. The third-order valence-electron chi connectivity index (χ3n) is 4.93. The van der Waals surface area contributed by atoms with Crippen molar-refractivity contribution in [3.05, 3.63) is 54.1 Å². The normalized spacial score (nSPS) is 12.9. The van der Waals surface area contributed by atoms with Crippen LogP contribution in [-0.4, -0.2) is 64.7 Å². The van der Waals surface area contributed by atoms with Crippen LogP contribution in [0.15, 0.2) is 48.5 Å². The van der Waals surface area contributed by atoms with Gasteiger partial charge in [0.2, 0.25) is 10.0 Å². The predicted molar refractivity (Wildman–Crippen MR) is 124 cm³/mol. The Bertz CT molecular complexity index is 1050. The van der Waals surface area contributed by atoms with Gasteiger partial charge < -0.3 is 9.47 Å². The van der Waals surface area contributed by atoms with E-state index in [4.69, 9.17) is 21.1 Å². The van der Waals surface area contributed by atoms with E-state index >= 15 is 0 Å². The van der Waals surface area contributed by atoms with Gasteiger partial charge in [-0.1, -0.05) is 0 Å². The summed E-state index contributed by atoms with van der Waals surface area (Å²) in [5.74, 6) is 0.273. The average molecular weight is 523 g/mol. The fraction of sp³-hybridized carbons (Fsp3) is 0.409. The molecule has 188 valence electrons. The molecule has 0 aliphatic rings. The molecule has 0 saturated carbocycles. The largest absolute Gasteiger partial charge is 0.468 e. The number of anilines is 1. The Labute approximate surface area is 202 Å². The molecule has 1 atom stereocenters. The smallest absolute Gasteiger partial charge is 0.416 e. The van der Waals surface area contributed by atoms with Crippen molar-refractivity contribution in [2.24, 2.45) is 0 Å². The SMILES string of the molecule is COC(=O)C(CN(c1ccc(Oc2ccc(C(F)(F)F)cc2)cc1)S(C)(=O)=O)N(C)CCCCl. The number of esters is 1. The van der Waals surface area contributed by atoms with Gasteiger partial charge in [-0.05, 0) is 68.5 Å². The van der Waals surface area contributed by atoms with Crippen LogP contribution in [-0.2, 0) is 25.7 Å². The predicted octanol–water partition coefficient (Wildman–Crippen LogP) is 4.37. The van der Waals surface area contributed by atoms with E-state index < -0.39 is 33.8 Å². The number of hydrogen-bond donors (Lipinski definition) is 0. The Balaban J connectivity index is 2.23. The Morgan fingerprint density at radius 2 is 1.59 bits per heavy atom. The molecule has 0 saturated heterocycles. The molecular weight excluding hydrogens is 497 g/mol. The van der Waals surface area contributed by atoms with Crippen LogP contribution in [0.5, 0.6) is 11.5 Å². The van der Waals surface area contributed by atoms with Crippen LogP contribution in [0.3, 0.4) is 0 Å². The van der Waals surface area contributed by atoms with E-state index in [0.717, 1.165) is 22.7 Å². The lowest BCUT2D eigenvalue weighted by molar-refractivity contribution is -0.146. The average Bonchev–Trinajstić information content (AvgIpc) is 2.77. The maximum absolute atomic E-state index is 12.7.